The number of carboxylic acid groups (broad SMARTS) is 2. The smallest absolute Gasteiger partial charge is 0.317 e. The van der Waals surface area contributed by atoms with E-state index in [9.17, 15) is 9.59 Å². The van der Waals surface area contributed by atoms with Gasteiger partial charge in [0.05, 0.1) is 11.6 Å². The number of rotatable bonds is 8. The molecule has 1 aromatic carbocycles. The molecule has 0 aliphatic rings. The van der Waals surface area contributed by atoms with Gasteiger partial charge in [-0.05, 0) is 37.0 Å². The Balaban J connectivity index is 2.26. The summed E-state index contributed by atoms with van der Waals surface area (Å²) in [5.41, 5.74) is 1.75. The number of nitrogens with zero attached hydrogens (tertiary/aromatic N) is 1. The summed E-state index contributed by atoms with van der Waals surface area (Å²) in [5.74, 6) is -3.85. The highest BCUT2D eigenvalue weighted by Crippen LogP contribution is 2.13. The lowest BCUT2D eigenvalue weighted by Crippen LogP contribution is -2.23. The highest BCUT2D eigenvalue weighted by Gasteiger charge is 2.24. The third-order valence-electron chi connectivity index (χ3n) is 3.14. The Labute approximate surface area is 117 Å². The highest BCUT2D eigenvalue weighted by molar-refractivity contribution is 5.92. The van der Waals surface area contributed by atoms with Crippen molar-refractivity contribution in [2.24, 2.45) is 5.92 Å². The lowest BCUT2D eigenvalue weighted by Gasteiger charge is -2.07. The summed E-state index contributed by atoms with van der Waals surface area (Å²) in [6.45, 7) is 0. The minimum absolute atomic E-state index is 0.165. The van der Waals surface area contributed by atoms with Crippen LogP contribution in [0.25, 0.3) is 0 Å². The van der Waals surface area contributed by atoms with Gasteiger partial charge in [0.2, 0.25) is 0 Å². The molecule has 0 bridgehead atoms. The fraction of sp³-hybridized carbons (Fsp3) is 0.400. The van der Waals surface area contributed by atoms with Crippen molar-refractivity contribution < 1.29 is 19.8 Å². The molecular weight excluding hydrogens is 258 g/mol. The van der Waals surface area contributed by atoms with Gasteiger partial charge in [-0.3, -0.25) is 9.59 Å². The molecule has 0 aliphatic carbocycles. The molecule has 0 fully saturated rings. The van der Waals surface area contributed by atoms with Gasteiger partial charge in [-0.25, -0.2) is 0 Å². The van der Waals surface area contributed by atoms with E-state index in [1.807, 2.05) is 12.1 Å². The van der Waals surface area contributed by atoms with Gasteiger partial charge in [0.25, 0.3) is 0 Å². The summed E-state index contributed by atoms with van der Waals surface area (Å²) >= 11 is 0. The SMILES string of the molecule is N#Cc1ccc(CCCCCC(C(=O)O)C(=O)O)cc1. The van der Waals surface area contributed by atoms with E-state index in [4.69, 9.17) is 15.5 Å². The van der Waals surface area contributed by atoms with Gasteiger partial charge >= 0.3 is 11.9 Å². The molecular formula is C15H17NO4. The summed E-state index contributed by atoms with van der Waals surface area (Å²) < 4.78 is 0. The molecule has 1 aromatic rings. The maximum atomic E-state index is 10.7. The summed E-state index contributed by atoms with van der Waals surface area (Å²) in [6, 6.07) is 9.38. The van der Waals surface area contributed by atoms with E-state index in [1.165, 1.54) is 0 Å². The largest absolute Gasteiger partial charge is 0.481 e. The number of unbranched alkanes of at least 4 members (excludes halogenated alkanes) is 2. The van der Waals surface area contributed by atoms with Crippen LogP contribution in [-0.4, -0.2) is 22.2 Å². The molecule has 0 spiro atoms. The Bertz CT molecular complexity index is 488. The number of carboxylic acids is 2. The van der Waals surface area contributed by atoms with Gasteiger partial charge in [0.1, 0.15) is 0 Å². The number of nitriles is 1. The van der Waals surface area contributed by atoms with E-state index in [0.717, 1.165) is 24.8 Å². The number of hydrogen-bond acceptors (Lipinski definition) is 3. The van der Waals surface area contributed by atoms with Crippen LogP contribution in [-0.2, 0) is 16.0 Å². The molecule has 0 amide bonds. The van der Waals surface area contributed by atoms with Crippen LogP contribution >= 0.6 is 0 Å². The van der Waals surface area contributed by atoms with Crippen molar-refractivity contribution in [2.75, 3.05) is 0 Å². The number of aliphatic carboxylic acids is 2. The molecule has 0 saturated heterocycles. The Hall–Kier alpha value is -2.35. The fourth-order valence-electron chi connectivity index (χ4n) is 1.95. The summed E-state index contributed by atoms with van der Waals surface area (Å²) in [5, 5.41) is 26.1. The van der Waals surface area contributed by atoms with Crippen LogP contribution in [0, 0.1) is 17.2 Å². The first kappa shape index (κ1) is 15.7. The van der Waals surface area contributed by atoms with Crippen LogP contribution < -0.4 is 0 Å². The number of carbonyl (C=O) groups is 2. The minimum atomic E-state index is -1.30. The van der Waals surface area contributed by atoms with Gasteiger partial charge in [-0.15, -0.1) is 0 Å². The zero-order valence-corrected chi connectivity index (χ0v) is 11.1. The van der Waals surface area contributed by atoms with Crippen LogP contribution in [0.15, 0.2) is 24.3 Å². The van der Waals surface area contributed by atoms with Gasteiger partial charge in [-0.2, -0.15) is 5.26 Å². The Morgan fingerprint density at radius 3 is 2.15 bits per heavy atom. The molecule has 1 rings (SSSR count). The molecule has 5 nitrogen and oxygen atoms in total. The van der Waals surface area contributed by atoms with E-state index in [-0.39, 0.29) is 6.42 Å². The second kappa shape index (κ2) is 7.95. The number of hydrogen-bond donors (Lipinski definition) is 2. The van der Waals surface area contributed by atoms with Gasteiger partial charge < -0.3 is 10.2 Å². The molecule has 0 aromatic heterocycles. The third kappa shape index (κ3) is 5.11. The third-order valence-corrected chi connectivity index (χ3v) is 3.14. The van der Waals surface area contributed by atoms with Crippen molar-refractivity contribution in [3.05, 3.63) is 35.4 Å². The first-order chi connectivity index (χ1) is 9.54. The predicted molar refractivity (Wildman–Crippen MR) is 72.1 cm³/mol. The molecule has 0 saturated carbocycles. The van der Waals surface area contributed by atoms with Gasteiger partial charge in [0.15, 0.2) is 5.92 Å². The van der Waals surface area contributed by atoms with Crippen LogP contribution in [0.3, 0.4) is 0 Å². The maximum Gasteiger partial charge on any atom is 0.317 e. The maximum absolute atomic E-state index is 10.7. The standard InChI is InChI=1S/C15H17NO4/c16-10-12-8-6-11(7-9-12)4-2-1-3-5-13(14(17)18)15(19)20/h6-9,13H,1-5H2,(H,17,18)(H,19,20). The van der Waals surface area contributed by atoms with Gasteiger partial charge in [-0.1, -0.05) is 25.0 Å². The molecule has 106 valence electrons. The average Bonchev–Trinajstić information content (AvgIpc) is 2.42. The van der Waals surface area contributed by atoms with E-state index in [2.05, 4.69) is 6.07 Å². The van der Waals surface area contributed by atoms with Crippen LogP contribution in [0.5, 0.6) is 0 Å². The van der Waals surface area contributed by atoms with Crippen molar-refractivity contribution in [3.8, 4) is 6.07 Å². The van der Waals surface area contributed by atoms with E-state index < -0.39 is 17.9 Å². The lowest BCUT2D eigenvalue weighted by atomic mass is 9.99. The lowest BCUT2D eigenvalue weighted by molar-refractivity contribution is -0.154. The van der Waals surface area contributed by atoms with Crippen LogP contribution in [0.4, 0.5) is 0 Å². The Kier molecular flexibility index (Phi) is 6.24. The zero-order valence-electron chi connectivity index (χ0n) is 11.1. The monoisotopic (exact) mass is 275 g/mol. The number of benzene rings is 1. The number of aryl methyl sites for hydroxylation is 1. The minimum Gasteiger partial charge on any atom is -0.481 e. The van der Waals surface area contributed by atoms with Crippen molar-refractivity contribution in [2.45, 2.75) is 32.1 Å². The molecule has 5 heteroatoms. The first-order valence-electron chi connectivity index (χ1n) is 6.49. The molecule has 2 N–H and O–H groups in total. The second-order valence-corrected chi connectivity index (χ2v) is 4.64. The molecule has 0 unspecified atom stereocenters. The van der Waals surface area contributed by atoms with E-state index >= 15 is 0 Å². The summed E-state index contributed by atoms with van der Waals surface area (Å²) in [7, 11) is 0. The van der Waals surface area contributed by atoms with E-state index in [1.54, 1.807) is 12.1 Å². The Morgan fingerprint density at radius 1 is 1.05 bits per heavy atom. The highest BCUT2D eigenvalue weighted by atomic mass is 16.4. The second-order valence-electron chi connectivity index (χ2n) is 4.64. The first-order valence-corrected chi connectivity index (χ1v) is 6.49. The average molecular weight is 275 g/mol. The molecule has 0 heterocycles. The zero-order chi connectivity index (χ0) is 15.0. The van der Waals surface area contributed by atoms with Gasteiger partial charge in [0, 0.05) is 0 Å². The quantitative estimate of drug-likeness (QED) is 0.561. The Morgan fingerprint density at radius 2 is 1.65 bits per heavy atom. The van der Waals surface area contributed by atoms with Crippen LogP contribution in [0.2, 0.25) is 0 Å². The predicted octanol–water partition coefficient (Wildman–Crippen LogP) is 2.45. The molecule has 0 aliphatic heterocycles. The summed E-state index contributed by atoms with van der Waals surface area (Å²) in [6.07, 6.45) is 3.25. The van der Waals surface area contributed by atoms with Crippen LogP contribution in [0.1, 0.15) is 36.8 Å². The summed E-state index contributed by atoms with van der Waals surface area (Å²) in [4.78, 5) is 21.4. The topological polar surface area (TPSA) is 98.4 Å². The molecule has 20 heavy (non-hydrogen) atoms. The normalized spacial score (nSPS) is 10.2. The molecule has 0 radical (unpaired) electrons. The van der Waals surface area contributed by atoms with Crippen molar-refractivity contribution in [1.29, 1.82) is 5.26 Å². The van der Waals surface area contributed by atoms with E-state index in [0.29, 0.717) is 12.0 Å². The molecule has 0 atom stereocenters. The van der Waals surface area contributed by atoms with Crippen molar-refractivity contribution in [3.63, 3.8) is 0 Å². The fourth-order valence-corrected chi connectivity index (χ4v) is 1.95. The van der Waals surface area contributed by atoms with Crippen molar-refractivity contribution >= 4 is 11.9 Å². The van der Waals surface area contributed by atoms with Crippen molar-refractivity contribution in [1.82, 2.24) is 0 Å².